The third-order valence-corrected chi connectivity index (χ3v) is 2.68. The van der Waals surface area contributed by atoms with E-state index in [0.717, 1.165) is 0 Å². The minimum Gasteiger partial charge on any atom is -0.303 e. The van der Waals surface area contributed by atoms with Crippen LogP contribution >= 0.6 is 7.82 Å². The molecule has 0 spiro atoms. The molecule has 1 saturated carbocycles. The minimum absolute atomic E-state index is 0.779. The summed E-state index contributed by atoms with van der Waals surface area (Å²) in [5.41, 5.74) is -0.779. The first kappa shape index (κ1) is 15.1. The SMILES string of the molecule is C1CCCCC1.CC(C)(C)OP(=O)(O)O. The summed E-state index contributed by atoms with van der Waals surface area (Å²) in [6.07, 6.45) is 9.00. The molecule has 2 N–H and O–H groups in total. The van der Waals surface area contributed by atoms with Gasteiger partial charge < -0.3 is 9.79 Å². The van der Waals surface area contributed by atoms with Crippen LogP contribution < -0.4 is 0 Å². The van der Waals surface area contributed by atoms with Crippen molar-refractivity contribution in [1.82, 2.24) is 0 Å². The topological polar surface area (TPSA) is 66.8 Å². The highest BCUT2D eigenvalue weighted by Crippen LogP contribution is 2.40. The highest BCUT2D eigenvalue weighted by atomic mass is 31.2. The molecule has 0 radical (unpaired) electrons. The van der Waals surface area contributed by atoms with Crippen LogP contribution in [0.15, 0.2) is 0 Å². The molecule has 4 nitrogen and oxygen atoms in total. The second-order valence-electron chi connectivity index (χ2n) is 4.82. The summed E-state index contributed by atoms with van der Waals surface area (Å²) in [6, 6.07) is 0. The molecule has 1 fully saturated rings. The molecular weight excluding hydrogens is 215 g/mol. The van der Waals surface area contributed by atoms with Crippen LogP contribution in [0.4, 0.5) is 0 Å². The summed E-state index contributed by atoms with van der Waals surface area (Å²) in [5, 5.41) is 0. The van der Waals surface area contributed by atoms with Gasteiger partial charge in [0.1, 0.15) is 0 Å². The first-order valence-electron chi connectivity index (χ1n) is 5.47. The molecule has 0 aromatic carbocycles. The van der Waals surface area contributed by atoms with Crippen LogP contribution in [-0.2, 0) is 9.09 Å². The van der Waals surface area contributed by atoms with Gasteiger partial charge in [-0.25, -0.2) is 4.57 Å². The Bertz CT molecular complexity index is 188. The fourth-order valence-electron chi connectivity index (χ4n) is 1.42. The number of hydrogen-bond acceptors (Lipinski definition) is 2. The van der Waals surface area contributed by atoms with Gasteiger partial charge >= 0.3 is 7.82 Å². The first-order valence-corrected chi connectivity index (χ1v) is 7.00. The second kappa shape index (κ2) is 6.64. The summed E-state index contributed by atoms with van der Waals surface area (Å²) in [5.74, 6) is 0. The van der Waals surface area contributed by atoms with Gasteiger partial charge in [-0.2, -0.15) is 0 Å². The van der Waals surface area contributed by atoms with Crippen molar-refractivity contribution < 1.29 is 18.9 Å². The highest BCUT2D eigenvalue weighted by Gasteiger charge is 2.23. The molecule has 92 valence electrons. The fraction of sp³-hybridized carbons (Fsp3) is 1.00. The Morgan fingerprint density at radius 2 is 1.20 bits per heavy atom. The van der Waals surface area contributed by atoms with Crippen molar-refractivity contribution in [2.24, 2.45) is 0 Å². The molecule has 0 aromatic heterocycles. The van der Waals surface area contributed by atoms with Gasteiger partial charge in [0.15, 0.2) is 0 Å². The lowest BCUT2D eigenvalue weighted by molar-refractivity contribution is 0.0810. The molecule has 1 rings (SSSR count). The lowest BCUT2D eigenvalue weighted by Gasteiger charge is -2.18. The molecule has 0 amide bonds. The average Bonchev–Trinajstić information content (AvgIpc) is 2.01. The van der Waals surface area contributed by atoms with Crippen LogP contribution in [0.5, 0.6) is 0 Å². The van der Waals surface area contributed by atoms with Crippen molar-refractivity contribution in [3.05, 3.63) is 0 Å². The van der Waals surface area contributed by atoms with Crippen molar-refractivity contribution in [2.75, 3.05) is 0 Å². The lowest BCUT2D eigenvalue weighted by atomic mass is 10.0. The van der Waals surface area contributed by atoms with Gasteiger partial charge in [-0.3, -0.25) is 4.52 Å². The molecule has 0 aromatic rings. The molecule has 15 heavy (non-hydrogen) atoms. The third-order valence-electron chi connectivity index (χ3n) is 1.89. The zero-order valence-corrected chi connectivity index (χ0v) is 10.8. The molecule has 1 aliphatic rings. The van der Waals surface area contributed by atoms with Gasteiger partial charge in [0.05, 0.1) is 5.60 Å². The number of phosphoric acid groups is 1. The Labute approximate surface area is 92.3 Å². The normalized spacial score (nSPS) is 17.9. The Balaban J connectivity index is 0.000000280. The van der Waals surface area contributed by atoms with Crippen molar-refractivity contribution in [3.8, 4) is 0 Å². The van der Waals surface area contributed by atoms with Gasteiger partial charge in [-0.05, 0) is 20.8 Å². The monoisotopic (exact) mass is 238 g/mol. The predicted octanol–water partition coefficient (Wildman–Crippen LogP) is 3.23. The highest BCUT2D eigenvalue weighted by molar-refractivity contribution is 7.46. The van der Waals surface area contributed by atoms with E-state index >= 15 is 0 Å². The maximum atomic E-state index is 10.1. The molecule has 0 bridgehead atoms. The summed E-state index contributed by atoms with van der Waals surface area (Å²) in [4.78, 5) is 16.5. The first-order chi connectivity index (χ1) is 6.71. The largest absolute Gasteiger partial charge is 0.470 e. The van der Waals surface area contributed by atoms with Gasteiger partial charge in [-0.1, -0.05) is 38.5 Å². The van der Waals surface area contributed by atoms with E-state index in [4.69, 9.17) is 9.79 Å². The van der Waals surface area contributed by atoms with Crippen LogP contribution in [0.1, 0.15) is 59.3 Å². The van der Waals surface area contributed by atoms with Gasteiger partial charge in [-0.15, -0.1) is 0 Å². The van der Waals surface area contributed by atoms with Crippen LogP contribution in [-0.4, -0.2) is 15.4 Å². The third kappa shape index (κ3) is 14.1. The van der Waals surface area contributed by atoms with E-state index in [1.165, 1.54) is 38.5 Å². The van der Waals surface area contributed by atoms with E-state index in [9.17, 15) is 4.57 Å². The van der Waals surface area contributed by atoms with Crippen LogP contribution in [0.3, 0.4) is 0 Å². The van der Waals surface area contributed by atoms with Gasteiger partial charge in [0.2, 0.25) is 0 Å². The van der Waals surface area contributed by atoms with E-state index in [2.05, 4.69) is 4.52 Å². The van der Waals surface area contributed by atoms with Crippen molar-refractivity contribution in [3.63, 3.8) is 0 Å². The van der Waals surface area contributed by atoms with Crippen molar-refractivity contribution >= 4 is 7.82 Å². The molecule has 5 heteroatoms. The average molecular weight is 238 g/mol. The van der Waals surface area contributed by atoms with E-state index in [0.29, 0.717) is 0 Å². The molecule has 0 unspecified atom stereocenters. The fourth-order valence-corrected chi connectivity index (χ4v) is 2.13. The van der Waals surface area contributed by atoms with E-state index in [1.807, 2.05) is 0 Å². The molecule has 1 aliphatic carbocycles. The quantitative estimate of drug-likeness (QED) is 0.688. The number of rotatable bonds is 1. The van der Waals surface area contributed by atoms with E-state index in [1.54, 1.807) is 20.8 Å². The van der Waals surface area contributed by atoms with Crippen LogP contribution in [0.2, 0.25) is 0 Å². The molecule has 0 heterocycles. The van der Waals surface area contributed by atoms with Gasteiger partial charge in [0.25, 0.3) is 0 Å². The maximum absolute atomic E-state index is 10.1. The smallest absolute Gasteiger partial charge is 0.303 e. The Kier molecular flexibility index (Phi) is 6.69. The molecule has 0 saturated heterocycles. The lowest BCUT2D eigenvalue weighted by Crippen LogP contribution is -2.16. The number of hydrogen-bond donors (Lipinski definition) is 2. The molecule has 0 atom stereocenters. The zero-order valence-electron chi connectivity index (χ0n) is 9.90. The van der Waals surface area contributed by atoms with E-state index < -0.39 is 13.4 Å². The Morgan fingerprint density at radius 3 is 1.27 bits per heavy atom. The molecular formula is C10H23O4P. The number of phosphoric ester groups is 1. The summed E-state index contributed by atoms with van der Waals surface area (Å²) < 4.78 is 14.4. The van der Waals surface area contributed by atoms with Crippen molar-refractivity contribution in [1.29, 1.82) is 0 Å². The van der Waals surface area contributed by atoms with Crippen molar-refractivity contribution in [2.45, 2.75) is 64.9 Å². The van der Waals surface area contributed by atoms with Gasteiger partial charge in [0, 0.05) is 0 Å². The Morgan fingerprint density at radius 1 is 0.933 bits per heavy atom. The summed E-state index contributed by atoms with van der Waals surface area (Å²) >= 11 is 0. The zero-order chi connectivity index (χ0) is 11.9. The predicted molar refractivity (Wildman–Crippen MR) is 60.6 cm³/mol. The maximum Gasteiger partial charge on any atom is 0.470 e. The van der Waals surface area contributed by atoms with E-state index in [-0.39, 0.29) is 0 Å². The Hall–Kier alpha value is 0.110. The van der Waals surface area contributed by atoms with Crippen LogP contribution in [0, 0.1) is 0 Å². The van der Waals surface area contributed by atoms with Crippen LogP contribution in [0.25, 0.3) is 0 Å². The molecule has 0 aliphatic heterocycles. The minimum atomic E-state index is -4.29. The standard InChI is InChI=1S/C6H12.C4H11O4P/c1-2-4-6-5-3-1;1-4(2,3)8-9(5,6)7/h1-6H2;1-3H3,(H2,5,6,7). The summed E-state index contributed by atoms with van der Waals surface area (Å²) in [7, 11) is -4.29. The second-order valence-corrected chi connectivity index (χ2v) is 5.98. The summed E-state index contributed by atoms with van der Waals surface area (Å²) in [6.45, 7) is 4.73.